The zero-order chi connectivity index (χ0) is 22.3. The quantitative estimate of drug-likeness (QED) is 0.537. The van der Waals surface area contributed by atoms with Crippen LogP contribution in [0.5, 0.6) is 0 Å². The number of unbranched alkanes of at least 4 members (excludes halogenated alkanes) is 1. The lowest BCUT2D eigenvalue weighted by atomic mass is 9.85. The van der Waals surface area contributed by atoms with Gasteiger partial charge in [-0.3, -0.25) is 33.9 Å². The molecule has 7 nitrogen and oxygen atoms in total. The van der Waals surface area contributed by atoms with Crippen molar-refractivity contribution < 1.29 is 19.2 Å². The lowest BCUT2D eigenvalue weighted by Gasteiger charge is -2.30. The van der Waals surface area contributed by atoms with E-state index >= 15 is 0 Å². The van der Waals surface area contributed by atoms with Crippen molar-refractivity contribution >= 4 is 46.8 Å². The standard InChI is InChI=1S/C22H27Cl2N3O4/c1-2-3-8-25(11-26-19(28)15-6-4-13(23)9-17(15)21(26)30)12-27-20(29)16-7-5-14(24)10-18(16)22(27)31/h4-5,15-18H,2-3,6-12H2,1H3/t15-,16-,17-,18+/m1/s1. The molecule has 2 fully saturated rings. The van der Waals surface area contributed by atoms with E-state index in [1.165, 1.54) is 9.80 Å². The molecule has 2 aliphatic heterocycles. The van der Waals surface area contributed by atoms with Crippen molar-refractivity contribution in [2.24, 2.45) is 23.7 Å². The molecule has 0 unspecified atom stereocenters. The summed E-state index contributed by atoms with van der Waals surface area (Å²) in [6.45, 7) is 2.77. The van der Waals surface area contributed by atoms with Gasteiger partial charge in [-0.05, 0) is 32.1 Å². The van der Waals surface area contributed by atoms with Gasteiger partial charge in [-0.1, -0.05) is 48.7 Å². The van der Waals surface area contributed by atoms with Crippen LogP contribution in [0.15, 0.2) is 22.2 Å². The van der Waals surface area contributed by atoms with Crippen LogP contribution in [0.25, 0.3) is 0 Å². The van der Waals surface area contributed by atoms with E-state index in [1.54, 1.807) is 0 Å². The number of amides is 4. The van der Waals surface area contributed by atoms with E-state index in [0.29, 0.717) is 42.3 Å². The highest BCUT2D eigenvalue weighted by atomic mass is 35.5. The van der Waals surface area contributed by atoms with Crippen LogP contribution in [0.3, 0.4) is 0 Å². The monoisotopic (exact) mass is 467 g/mol. The minimum Gasteiger partial charge on any atom is -0.274 e. The molecule has 0 aromatic carbocycles. The number of allylic oxidation sites excluding steroid dienone is 4. The Hall–Kier alpha value is -1.70. The topological polar surface area (TPSA) is 78.0 Å². The molecule has 2 aliphatic carbocycles. The summed E-state index contributed by atoms with van der Waals surface area (Å²) < 4.78 is 0. The average molecular weight is 468 g/mol. The van der Waals surface area contributed by atoms with Gasteiger partial charge >= 0.3 is 0 Å². The molecule has 0 aromatic heterocycles. The van der Waals surface area contributed by atoms with Crippen LogP contribution in [0.1, 0.15) is 45.4 Å². The molecule has 0 bridgehead atoms. The first kappa shape index (κ1) is 22.5. The molecule has 4 atom stereocenters. The molecule has 4 amide bonds. The number of nitrogens with zero attached hydrogens (tertiary/aromatic N) is 3. The van der Waals surface area contributed by atoms with E-state index < -0.39 is 11.8 Å². The second-order valence-electron chi connectivity index (χ2n) is 8.85. The highest BCUT2D eigenvalue weighted by molar-refractivity contribution is 6.30. The number of imide groups is 2. The Morgan fingerprint density at radius 1 is 0.806 bits per heavy atom. The summed E-state index contributed by atoms with van der Waals surface area (Å²) in [5.41, 5.74) is 0. The van der Waals surface area contributed by atoms with Gasteiger partial charge in [-0.2, -0.15) is 0 Å². The Kier molecular flexibility index (Phi) is 6.56. The van der Waals surface area contributed by atoms with Gasteiger partial charge in [0.1, 0.15) is 0 Å². The third-order valence-electron chi connectivity index (χ3n) is 6.83. The lowest BCUT2D eigenvalue weighted by molar-refractivity contribution is -0.145. The van der Waals surface area contributed by atoms with Crippen LogP contribution < -0.4 is 0 Å². The molecule has 2 heterocycles. The Labute approximate surface area is 192 Å². The SMILES string of the molecule is CCCCN(CN1C(=O)[C@H]2CC(Cl)=CC[C@H]2C1=O)CN1C(=O)[C@@H]2CC=C(Cl)C[C@H]2C1=O. The molecular weight excluding hydrogens is 441 g/mol. The molecule has 2 saturated heterocycles. The maximum absolute atomic E-state index is 12.9. The van der Waals surface area contributed by atoms with Crippen LogP contribution >= 0.6 is 23.2 Å². The number of hydrogen-bond donors (Lipinski definition) is 0. The molecule has 4 aliphatic rings. The van der Waals surface area contributed by atoms with Gasteiger partial charge in [0.25, 0.3) is 0 Å². The fourth-order valence-electron chi connectivity index (χ4n) is 5.04. The number of fused-ring (bicyclic) bond motifs is 2. The summed E-state index contributed by atoms with van der Waals surface area (Å²) in [7, 11) is 0. The van der Waals surface area contributed by atoms with Gasteiger partial charge in [-0.25, -0.2) is 0 Å². The maximum atomic E-state index is 12.9. The minimum absolute atomic E-state index is 0.0771. The molecular formula is C22H27Cl2N3O4. The van der Waals surface area contributed by atoms with Crippen molar-refractivity contribution in [2.45, 2.75) is 45.4 Å². The van der Waals surface area contributed by atoms with Gasteiger partial charge in [0.15, 0.2) is 0 Å². The van der Waals surface area contributed by atoms with Crippen LogP contribution in [0.4, 0.5) is 0 Å². The normalized spacial score (nSPS) is 30.7. The van der Waals surface area contributed by atoms with Crippen LogP contribution in [-0.2, 0) is 19.2 Å². The Balaban J connectivity index is 1.47. The van der Waals surface area contributed by atoms with E-state index in [-0.39, 0.29) is 48.8 Å². The summed E-state index contributed by atoms with van der Waals surface area (Å²) in [6.07, 6.45) is 7.09. The fourth-order valence-corrected chi connectivity index (χ4v) is 5.55. The first-order chi connectivity index (χ1) is 14.8. The number of halogens is 2. The molecule has 31 heavy (non-hydrogen) atoms. The third-order valence-corrected chi connectivity index (χ3v) is 7.45. The molecule has 0 radical (unpaired) electrons. The summed E-state index contributed by atoms with van der Waals surface area (Å²) in [5, 5.41) is 1.24. The Morgan fingerprint density at radius 3 is 1.65 bits per heavy atom. The molecule has 0 N–H and O–H groups in total. The zero-order valence-corrected chi connectivity index (χ0v) is 19.1. The number of rotatable bonds is 7. The van der Waals surface area contributed by atoms with Gasteiger partial charge in [-0.15, -0.1) is 0 Å². The highest BCUT2D eigenvalue weighted by Crippen LogP contribution is 2.40. The minimum atomic E-state index is -0.413. The molecule has 0 saturated carbocycles. The van der Waals surface area contributed by atoms with Crippen molar-refractivity contribution in [1.29, 1.82) is 0 Å². The molecule has 168 valence electrons. The van der Waals surface area contributed by atoms with Crippen LogP contribution in [0.2, 0.25) is 0 Å². The van der Waals surface area contributed by atoms with Crippen molar-refractivity contribution in [3.63, 3.8) is 0 Å². The van der Waals surface area contributed by atoms with Gasteiger partial charge in [0.05, 0.1) is 37.0 Å². The third kappa shape index (κ3) is 4.20. The van der Waals surface area contributed by atoms with Gasteiger partial charge in [0, 0.05) is 16.6 Å². The van der Waals surface area contributed by atoms with Crippen molar-refractivity contribution in [2.75, 3.05) is 19.9 Å². The summed E-state index contributed by atoms with van der Waals surface area (Å²) >= 11 is 12.2. The summed E-state index contributed by atoms with van der Waals surface area (Å²) in [6, 6.07) is 0. The zero-order valence-electron chi connectivity index (χ0n) is 17.6. The Bertz CT molecular complexity index is 805. The van der Waals surface area contributed by atoms with E-state index in [9.17, 15) is 19.2 Å². The lowest BCUT2D eigenvalue weighted by Crippen LogP contribution is -2.48. The molecule has 9 heteroatoms. The molecule has 4 rings (SSSR count). The van der Waals surface area contributed by atoms with Crippen LogP contribution in [-0.4, -0.2) is 58.2 Å². The van der Waals surface area contributed by atoms with E-state index in [4.69, 9.17) is 23.2 Å². The molecule has 0 spiro atoms. The second kappa shape index (κ2) is 9.04. The number of carbonyl (C=O) groups is 4. The predicted molar refractivity (Wildman–Crippen MR) is 115 cm³/mol. The van der Waals surface area contributed by atoms with E-state index in [2.05, 4.69) is 0 Å². The number of likely N-dealkylation sites (tertiary alicyclic amines) is 2. The number of carbonyl (C=O) groups excluding carboxylic acids is 4. The van der Waals surface area contributed by atoms with E-state index in [0.717, 1.165) is 12.8 Å². The van der Waals surface area contributed by atoms with Crippen LogP contribution in [0, 0.1) is 23.7 Å². The first-order valence-electron chi connectivity index (χ1n) is 10.9. The highest BCUT2D eigenvalue weighted by Gasteiger charge is 2.51. The first-order valence-corrected chi connectivity index (χ1v) is 11.7. The summed E-state index contributed by atoms with van der Waals surface area (Å²) in [4.78, 5) is 56.1. The smallest absolute Gasteiger partial charge is 0.234 e. The van der Waals surface area contributed by atoms with Gasteiger partial charge in [0.2, 0.25) is 23.6 Å². The fraction of sp³-hybridized carbons (Fsp3) is 0.636. The van der Waals surface area contributed by atoms with Crippen molar-refractivity contribution in [3.8, 4) is 0 Å². The summed E-state index contributed by atoms with van der Waals surface area (Å²) in [5.74, 6) is -2.38. The average Bonchev–Trinajstić information content (AvgIpc) is 3.11. The van der Waals surface area contributed by atoms with Gasteiger partial charge < -0.3 is 0 Å². The Morgan fingerprint density at radius 2 is 1.23 bits per heavy atom. The van der Waals surface area contributed by atoms with Crippen molar-refractivity contribution in [3.05, 3.63) is 22.2 Å². The number of hydrogen-bond acceptors (Lipinski definition) is 5. The predicted octanol–water partition coefficient (Wildman–Crippen LogP) is 3.04. The largest absolute Gasteiger partial charge is 0.274 e. The van der Waals surface area contributed by atoms with E-state index in [1.807, 2.05) is 24.0 Å². The van der Waals surface area contributed by atoms with Crippen molar-refractivity contribution in [1.82, 2.24) is 14.7 Å². The maximum Gasteiger partial charge on any atom is 0.234 e. The second-order valence-corrected chi connectivity index (χ2v) is 9.82. The molecule has 0 aromatic rings.